The highest BCUT2D eigenvalue weighted by Crippen LogP contribution is 2.32. The standard InChI is InChI=1S/C6H2ClF3N/c7-5-4(6(8,9)10)2-1-3-11-5/h2-3H. The van der Waals surface area contributed by atoms with Gasteiger partial charge in [0.25, 0.3) is 0 Å². The van der Waals surface area contributed by atoms with E-state index < -0.39 is 16.9 Å². The van der Waals surface area contributed by atoms with Crippen molar-refractivity contribution in [1.29, 1.82) is 0 Å². The number of halogens is 4. The molecule has 0 unspecified atom stereocenters. The first-order valence-electron chi connectivity index (χ1n) is 2.60. The van der Waals surface area contributed by atoms with Crippen molar-refractivity contribution >= 4 is 11.6 Å². The van der Waals surface area contributed by atoms with E-state index in [1.807, 2.05) is 0 Å². The molecule has 0 saturated heterocycles. The van der Waals surface area contributed by atoms with Gasteiger partial charge in [0.1, 0.15) is 5.15 Å². The fraction of sp³-hybridized carbons (Fsp3) is 0.167. The molecule has 1 rings (SSSR count). The van der Waals surface area contributed by atoms with Crippen LogP contribution >= 0.6 is 11.6 Å². The molecule has 1 radical (unpaired) electrons. The molecule has 11 heavy (non-hydrogen) atoms. The molecule has 0 fully saturated rings. The summed E-state index contributed by atoms with van der Waals surface area (Å²) in [6, 6.07) is 2.95. The van der Waals surface area contributed by atoms with Gasteiger partial charge in [-0.05, 0) is 6.07 Å². The lowest BCUT2D eigenvalue weighted by atomic mass is 10.3. The monoisotopic (exact) mass is 180 g/mol. The minimum absolute atomic E-state index is 0.545. The van der Waals surface area contributed by atoms with Crippen molar-refractivity contribution in [2.24, 2.45) is 0 Å². The largest absolute Gasteiger partial charge is 0.419 e. The summed E-state index contributed by atoms with van der Waals surface area (Å²) in [7, 11) is 0. The van der Waals surface area contributed by atoms with Crippen LogP contribution in [0, 0.1) is 6.07 Å². The Morgan fingerprint density at radius 2 is 2.09 bits per heavy atom. The van der Waals surface area contributed by atoms with Crippen LogP contribution in [-0.4, -0.2) is 4.98 Å². The van der Waals surface area contributed by atoms with Crippen LogP contribution in [0.5, 0.6) is 0 Å². The third kappa shape index (κ3) is 1.83. The van der Waals surface area contributed by atoms with E-state index in [0.29, 0.717) is 0 Å². The molecular formula is C6H2ClF3N. The lowest BCUT2D eigenvalue weighted by molar-refractivity contribution is -0.137. The van der Waals surface area contributed by atoms with E-state index in [0.717, 1.165) is 12.3 Å². The van der Waals surface area contributed by atoms with E-state index in [1.54, 1.807) is 0 Å². The summed E-state index contributed by atoms with van der Waals surface area (Å²) in [6.45, 7) is 0. The predicted octanol–water partition coefficient (Wildman–Crippen LogP) is 2.55. The number of hydrogen-bond donors (Lipinski definition) is 0. The topological polar surface area (TPSA) is 12.9 Å². The SMILES string of the molecule is FC(F)(F)c1c[c]cnc1Cl. The molecule has 1 aromatic heterocycles. The van der Waals surface area contributed by atoms with E-state index in [2.05, 4.69) is 11.1 Å². The van der Waals surface area contributed by atoms with Gasteiger partial charge in [0.15, 0.2) is 0 Å². The Bertz CT molecular complexity index is 258. The number of hydrogen-bond acceptors (Lipinski definition) is 1. The first kappa shape index (κ1) is 8.33. The van der Waals surface area contributed by atoms with Crippen molar-refractivity contribution in [1.82, 2.24) is 4.98 Å². The Morgan fingerprint density at radius 1 is 1.45 bits per heavy atom. The molecule has 1 aromatic rings. The summed E-state index contributed by atoms with van der Waals surface area (Å²) in [5.41, 5.74) is -0.957. The molecule has 0 spiro atoms. The molecule has 0 aromatic carbocycles. The molecular weight excluding hydrogens is 179 g/mol. The molecule has 5 heteroatoms. The lowest BCUT2D eigenvalue weighted by Crippen LogP contribution is -2.06. The second kappa shape index (κ2) is 2.70. The van der Waals surface area contributed by atoms with E-state index in [1.165, 1.54) is 0 Å². The Hall–Kier alpha value is -0.770. The molecule has 1 heterocycles. The summed E-state index contributed by atoms with van der Waals surface area (Å²) in [4.78, 5) is 3.24. The molecule has 0 amide bonds. The Labute approximate surface area is 65.8 Å². The number of nitrogens with zero attached hydrogens (tertiary/aromatic N) is 1. The van der Waals surface area contributed by atoms with Crippen molar-refractivity contribution in [2.45, 2.75) is 6.18 Å². The van der Waals surface area contributed by atoms with Gasteiger partial charge < -0.3 is 0 Å². The second-order valence-corrected chi connectivity index (χ2v) is 2.13. The maximum Gasteiger partial charge on any atom is 0.419 e. The van der Waals surface area contributed by atoms with Crippen LogP contribution in [0.15, 0.2) is 12.3 Å². The zero-order valence-electron chi connectivity index (χ0n) is 5.11. The highest BCUT2D eigenvalue weighted by atomic mass is 35.5. The van der Waals surface area contributed by atoms with Gasteiger partial charge in [-0.3, -0.25) is 0 Å². The van der Waals surface area contributed by atoms with Crippen LogP contribution in [0.4, 0.5) is 13.2 Å². The fourth-order valence-electron chi connectivity index (χ4n) is 0.542. The van der Waals surface area contributed by atoms with E-state index in [4.69, 9.17) is 11.6 Å². The Kier molecular flexibility index (Phi) is 2.04. The van der Waals surface area contributed by atoms with Crippen LogP contribution in [0.3, 0.4) is 0 Å². The van der Waals surface area contributed by atoms with Crippen LogP contribution in [0.1, 0.15) is 5.56 Å². The van der Waals surface area contributed by atoms with Gasteiger partial charge in [0.2, 0.25) is 0 Å². The van der Waals surface area contributed by atoms with Crippen LogP contribution in [-0.2, 0) is 6.18 Å². The molecule has 59 valence electrons. The van der Waals surface area contributed by atoms with Gasteiger partial charge >= 0.3 is 6.18 Å². The normalized spacial score (nSPS) is 11.6. The summed E-state index contributed by atoms with van der Waals surface area (Å²) in [6.07, 6.45) is -3.36. The number of pyridine rings is 1. The molecule has 0 aliphatic heterocycles. The van der Waals surface area contributed by atoms with E-state index in [-0.39, 0.29) is 0 Å². The minimum Gasteiger partial charge on any atom is -0.243 e. The third-order valence-corrected chi connectivity index (χ3v) is 1.31. The van der Waals surface area contributed by atoms with Gasteiger partial charge in [0.05, 0.1) is 5.56 Å². The summed E-state index contributed by atoms with van der Waals surface area (Å²) in [5, 5.41) is -0.545. The van der Waals surface area contributed by atoms with E-state index in [9.17, 15) is 13.2 Å². The van der Waals surface area contributed by atoms with Crippen molar-refractivity contribution in [3.05, 3.63) is 29.0 Å². The minimum atomic E-state index is -4.44. The smallest absolute Gasteiger partial charge is 0.243 e. The number of rotatable bonds is 0. The van der Waals surface area contributed by atoms with Crippen molar-refractivity contribution < 1.29 is 13.2 Å². The molecule has 0 saturated carbocycles. The van der Waals surface area contributed by atoms with Crippen molar-refractivity contribution in [2.75, 3.05) is 0 Å². The quantitative estimate of drug-likeness (QED) is 0.559. The van der Waals surface area contributed by atoms with Crippen LogP contribution < -0.4 is 0 Å². The molecule has 0 aliphatic rings. The van der Waals surface area contributed by atoms with Crippen LogP contribution in [0.25, 0.3) is 0 Å². The molecule has 0 aliphatic carbocycles. The lowest BCUT2D eigenvalue weighted by Gasteiger charge is -2.05. The van der Waals surface area contributed by atoms with Gasteiger partial charge in [-0.15, -0.1) is 0 Å². The van der Waals surface area contributed by atoms with Gasteiger partial charge in [-0.1, -0.05) is 11.6 Å². The second-order valence-electron chi connectivity index (χ2n) is 1.77. The predicted molar refractivity (Wildman–Crippen MR) is 33.1 cm³/mol. The number of alkyl halides is 3. The van der Waals surface area contributed by atoms with E-state index >= 15 is 0 Å². The summed E-state index contributed by atoms with van der Waals surface area (Å²) in [5.74, 6) is 0. The highest BCUT2D eigenvalue weighted by Gasteiger charge is 2.33. The van der Waals surface area contributed by atoms with Crippen LogP contribution in [0.2, 0.25) is 5.15 Å². The molecule has 0 atom stereocenters. The fourth-order valence-corrected chi connectivity index (χ4v) is 0.753. The maximum absolute atomic E-state index is 11.9. The summed E-state index contributed by atoms with van der Waals surface area (Å²) >= 11 is 5.16. The van der Waals surface area contributed by atoms with Gasteiger partial charge in [-0.25, -0.2) is 4.98 Å². The zero-order valence-corrected chi connectivity index (χ0v) is 5.87. The zero-order chi connectivity index (χ0) is 8.48. The maximum atomic E-state index is 11.9. The Balaban J connectivity index is 3.14. The first-order chi connectivity index (χ1) is 5.02. The molecule has 0 N–H and O–H groups in total. The Morgan fingerprint density at radius 3 is 2.45 bits per heavy atom. The number of aromatic nitrogens is 1. The van der Waals surface area contributed by atoms with Gasteiger partial charge in [-0.2, -0.15) is 13.2 Å². The van der Waals surface area contributed by atoms with Crippen molar-refractivity contribution in [3.63, 3.8) is 0 Å². The van der Waals surface area contributed by atoms with Gasteiger partial charge in [0, 0.05) is 12.3 Å². The first-order valence-corrected chi connectivity index (χ1v) is 2.98. The highest BCUT2D eigenvalue weighted by molar-refractivity contribution is 6.30. The van der Waals surface area contributed by atoms with Crippen molar-refractivity contribution in [3.8, 4) is 0 Å². The molecule has 1 nitrogen and oxygen atoms in total. The summed E-state index contributed by atoms with van der Waals surface area (Å²) < 4.78 is 35.7. The average molecular weight is 181 g/mol. The molecule has 0 bridgehead atoms. The third-order valence-electron chi connectivity index (χ3n) is 1.01. The average Bonchev–Trinajstić information content (AvgIpc) is 1.86.